The third-order valence-electron chi connectivity index (χ3n) is 7.57. The molecule has 0 bridgehead atoms. The lowest BCUT2D eigenvalue weighted by molar-refractivity contribution is -0.163. The highest BCUT2D eigenvalue weighted by Gasteiger charge is 2.48. The van der Waals surface area contributed by atoms with E-state index in [1.54, 1.807) is 0 Å². The average Bonchev–Trinajstić information content (AvgIpc) is 2.57. The summed E-state index contributed by atoms with van der Waals surface area (Å²) in [7, 11) is 4.11. The van der Waals surface area contributed by atoms with Gasteiger partial charge in [0.2, 0.25) is 0 Å². The van der Waals surface area contributed by atoms with Gasteiger partial charge in [-0.15, -0.1) is 0 Å². The summed E-state index contributed by atoms with van der Waals surface area (Å²) in [4.78, 5) is 32.9. The van der Waals surface area contributed by atoms with Crippen molar-refractivity contribution in [2.45, 2.75) is 115 Å². The van der Waals surface area contributed by atoms with E-state index in [-0.39, 0.29) is 34.4 Å². The Hall–Kier alpha value is -1.76. The monoisotopic (exact) mass is 436 g/mol. The average molecular weight is 437 g/mol. The van der Waals surface area contributed by atoms with Gasteiger partial charge in [0.15, 0.2) is 0 Å². The van der Waals surface area contributed by atoms with E-state index in [1.807, 2.05) is 0 Å². The number of rotatable bonds is 4. The van der Waals surface area contributed by atoms with Crippen molar-refractivity contribution in [2.75, 3.05) is 14.1 Å². The number of hydrogen-bond acceptors (Lipinski definition) is 6. The third-order valence-corrected chi connectivity index (χ3v) is 7.57. The molecule has 0 amide bonds. The number of carbonyl (C=O) groups is 2. The summed E-state index contributed by atoms with van der Waals surface area (Å²) in [6, 6.07) is 0. The maximum absolute atomic E-state index is 12.7. The molecule has 2 fully saturated rings. The lowest BCUT2D eigenvalue weighted by atomic mass is 9.78. The molecule has 0 spiro atoms. The molecule has 2 aliphatic rings. The zero-order valence-electron chi connectivity index (χ0n) is 20.9. The Morgan fingerprint density at radius 2 is 0.968 bits per heavy atom. The molecule has 0 saturated carbocycles. The van der Waals surface area contributed by atoms with Crippen LogP contribution in [0.4, 0.5) is 0 Å². The molecule has 0 atom stereocenters. The normalized spacial score (nSPS) is 26.0. The van der Waals surface area contributed by atoms with Gasteiger partial charge in [0.05, 0.1) is 0 Å². The highest BCUT2D eigenvalue weighted by molar-refractivity contribution is 6.60. The van der Waals surface area contributed by atoms with E-state index in [9.17, 15) is 15.1 Å². The summed E-state index contributed by atoms with van der Waals surface area (Å²) in [6.07, 6.45) is 1.68. The zero-order valence-corrected chi connectivity index (χ0v) is 20.9. The first kappa shape index (κ1) is 25.5. The van der Waals surface area contributed by atoms with Crippen LogP contribution in [0, 0.1) is 0 Å². The predicted octanol–water partition coefficient (Wildman–Crippen LogP) is 3.05. The lowest BCUT2D eigenvalue weighted by Gasteiger charge is -2.53. The summed E-state index contributed by atoms with van der Waals surface area (Å²) in [5.74, 6) is -1.89. The van der Waals surface area contributed by atoms with Crippen LogP contribution in [0.3, 0.4) is 0 Å². The second-order valence-corrected chi connectivity index (χ2v) is 11.7. The van der Waals surface area contributed by atoms with Gasteiger partial charge in [-0.25, -0.2) is 9.59 Å². The Balaban J connectivity index is 2.08. The van der Waals surface area contributed by atoms with Gasteiger partial charge in [-0.1, -0.05) is 0 Å². The minimum absolute atomic E-state index is 0.186. The molecule has 2 rings (SSSR count). The van der Waals surface area contributed by atoms with Crippen LogP contribution in [-0.2, 0) is 19.1 Å². The van der Waals surface area contributed by atoms with Crippen molar-refractivity contribution in [3.63, 3.8) is 0 Å². The largest absolute Gasteiger partial charge is 0.482 e. The van der Waals surface area contributed by atoms with Crippen molar-refractivity contribution >= 4 is 17.7 Å². The van der Waals surface area contributed by atoms with Crippen LogP contribution in [0.25, 0.3) is 5.53 Å². The molecule has 0 aromatic heterocycles. The maximum atomic E-state index is 12.7. The number of hydrogen-bond donors (Lipinski definition) is 0. The van der Waals surface area contributed by atoms with Crippen molar-refractivity contribution in [1.82, 2.24) is 9.80 Å². The fourth-order valence-electron chi connectivity index (χ4n) is 5.31. The maximum Gasteiger partial charge on any atom is 0.482 e. The Morgan fingerprint density at radius 3 is 1.19 bits per heavy atom. The van der Waals surface area contributed by atoms with Gasteiger partial charge >= 0.3 is 17.7 Å². The number of likely N-dealkylation sites (tertiary alicyclic amines) is 2. The second kappa shape index (κ2) is 8.30. The van der Waals surface area contributed by atoms with E-state index < -0.39 is 17.7 Å². The highest BCUT2D eigenvalue weighted by atomic mass is 16.6. The van der Waals surface area contributed by atoms with E-state index in [0.29, 0.717) is 25.7 Å². The Kier molecular flexibility index (Phi) is 6.83. The predicted molar refractivity (Wildman–Crippen MR) is 119 cm³/mol. The highest BCUT2D eigenvalue weighted by Crippen LogP contribution is 2.39. The van der Waals surface area contributed by atoms with Crippen LogP contribution in [0.2, 0.25) is 0 Å². The van der Waals surface area contributed by atoms with Crippen LogP contribution in [0.1, 0.15) is 81.1 Å². The second-order valence-electron chi connectivity index (χ2n) is 11.7. The summed E-state index contributed by atoms with van der Waals surface area (Å²) in [5.41, 5.74) is 7.94. The Bertz CT molecular complexity index is 686. The number of esters is 2. The molecule has 2 heterocycles. The molecule has 0 aromatic carbocycles. The van der Waals surface area contributed by atoms with E-state index in [0.717, 1.165) is 0 Å². The number of nitrogens with zero attached hydrogens (tertiary/aromatic N) is 4. The van der Waals surface area contributed by atoms with Crippen molar-refractivity contribution < 1.29 is 23.9 Å². The van der Waals surface area contributed by atoms with Crippen molar-refractivity contribution in [1.29, 1.82) is 0 Å². The molecule has 0 N–H and O–H groups in total. The summed E-state index contributed by atoms with van der Waals surface area (Å²) < 4.78 is 11.2. The van der Waals surface area contributed by atoms with Gasteiger partial charge in [-0.05, 0) is 69.5 Å². The molecular weight excluding hydrogens is 396 g/mol. The van der Waals surface area contributed by atoms with E-state index in [4.69, 9.17) is 9.47 Å². The fourth-order valence-corrected chi connectivity index (χ4v) is 5.31. The van der Waals surface area contributed by atoms with Gasteiger partial charge in [-0.2, -0.15) is 4.79 Å². The molecule has 0 unspecified atom stereocenters. The van der Waals surface area contributed by atoms with E-state index in [1.165, 1.54) is 0 Å². The first-order chi connectivity index (χ1) is 13.9. The van der Waals surface area contributed by atoms with Crippen molar-refractivity contribution in [3.05, 3.63) is 5.53 Å². The molecule has 0 aromatic rings. The molecule has 2 saturated heterocycles. The first-order valence-corrected chi connectivity index (χ1v) is 11.0. The number of piperidine rings is 2. The van der Waals surface area contributed by atoms with Gasteiger partial charge in [-0.3, -0.25) is 9.80 Å². The van der Waals surface area contributed by atoms with Crippen molar-refractivity contribution in [2.24, 2.45) is 0 Å². The molecule has 0 aliphatic carbocycles. The van der Waals surface area contributed by atoms with E-state index in [2.05, 4.69) is 84.1 Å². The van der Waals surface area contributed by atoms with Crippen LogP contribution < -0.4 is 0 Å². The van der Waals surface area contributed by atoms with Crippen LogP contribution in [-0.4, -0.2) is 80.7 Å². The standard InChI is InChI=1S/C23H40N4O4/c1-20(2)11-15(12-21(3,4)26(20)9)30-18(28)17(25-24)19(29)31-16-13-22(5,6)27(10)23(7,8)14-16/h15-16H,11-14H2,1-10H3. The van der Waals surface area contributed by atoms with Crippen molar-refractivity contribution in [3.8, 4) is 0 Å². The van der Waals surface area contributed by atoms with E-state index >= 15 is 0 Å². The number of ether oxygens (including phenoxy) is 2. The van der Waals surface area contributed by atoms with Gasteiger partial charge in [0.1, 0.15) is 12.2 Å². The summed E-state index contributed by atoms with van der Waals surface area (Å²) in [6.45, 7) is 16.7. The van der Waals surface area contributed by atoms with Gasteiger partial charge in [0.25, 0.3) is 0 Å². The molecule has 8 heteroatoms. The lowest BCUT2D eigenvalue weighted by Crippen LogP contribution is -2.61. The topological polar surface area (TPSA) is 95.5 Å². The first-order valence-electron chi connectivity index (χ1n) is 11.0. The summed E-state index contributed by atoms with van der Waals surface area (Å²) in [5, 5.41) is 0. The van der Waals surface area contributed by atoms with Crippen LogP contribution >= 0.6 is 0 Å². The smallest absolute Gasteiger partial charge is 0.453 e. The third kappa shape index (κ3) is 5.36. The van der Waals surface area contributed by atoms with Crippen LogP contribution in [0.15, 0.2) is 0 Å². The number of carbonyl (C=O) groups excluding carboxylic acids is 2. The fraction of sp³-hybridized carbons (Fsp3) is 0.870. The zero-order chi connectivity index (χ0) is 24.0. The molecular formula is C23H40N4O4. The molecule has 8 nitrogen and oxygen atoms in total. The van der Waals surface area contributed by atoms with Gasteiger partial charge < -0.3 is 15.0 Å². The molecule has 31 heavy (non-hydrogen) atoms. The Labute approximate surface area is 186 Å². The van der Waals surface area contributed by atoms with Crippen LogP contribution in [0.5, 0.6) is 0 Å². The quantitative estimate of drug-likeness (QED) is 0.221. The SMILES string of the molecule is CN1C(C)(C)CC(OC(=O)C(=[N+]=[N-])C(=O)OC2CC(C)(C)N(C)C(C)(C)C2)CC1(C)C. The molecule has 0 radical (unpaired) electrons. The minimum Gasteiger partial charge on any atom is -0.453 e. The summed E-state index contributed by atoms with van der Waals surface area (Å²) >= 11 is 0. The Morgan fingerprint density at radius 1 is 0.710 bits per heavy atom. The molecule has 176 valence electrons. The minimum atomic E-state index is -0.944. The molecule has 2 aliphatic heterocycles. The van der Waals surface area contributed by atoms with Gasteiger partial charge in [0, 0.05) is 47.8 Å².